The normalized spacial score (nSPS) is 42.7. The van der Waals surface area contributed by atoms with E-state index in [9.17, 15) is 19.5 Å². The van der Waals surface area contributed by atoms with E-state index in [1.165, 1.54) is 12.5 Å². The van der Waals surface area contributed by atoms with Crippen LogP contribution in [0, 0.1) is 39.4 Å². The molecule has 6 heteroatoms. The average Bonchev–Trinajstić information content (AvgIpc) is 3.37. The highest BCUT2D eigenvalue weighted by molar-refractivity contribution is 6.01. The maximum absolute atomic E-state index is 14.2. The first kappa shape index (κ1) is 26.6. The van der Waals surface area contributed by atoms with Crippen LogP contribution in [0.1, 0.15) is 58.9 Å². The van der Waals surface area contributed by atoms with Crippen LogP contribution in [0.4, 0.5) is 0 Å². The summed E-state index contributed by atoms with van der Waals surface area (Å²) in [7, 11) is 0. The van der Waals surface area contributed by atoms with E-state index in [0.29, 0.717) is 13.0 Å². The molecule has 1 aromatic rings. The van der Waals surface area contributed by atoms with Gasteiger partial charge in [0, 0.05) is 37.4 Å². The van der Waals surface area contributed by atoms with Crippen molar-refractivity contribution in [1.82, 2.24) is 4.90 Å². The topological polar surface area (TPSA) is 83.9 Å². The zero-order valence-electron chi connectivity index (χ0n) is 23.6. The van der Waals surface area contributed by atoms with Gasteiger partial charge in [-0.1, -0.05) is 62.8 Å². The van der Waals surface area contributed by atoms with Crippen LogP contribution in [0.15, 0.2) is 54.1 Å². The molecule has 0 bridgehead atoms. The van der Waals surface area contributed by atoms with E-state index in [1.54, 1.807) is 12.2 Å². The molecule has 4 aliphatic carbocycles. The zero-order valence-corrected chi connectivity index (χ0v) is 23.6. The summed E-state index contributed by atoms with van der Waals surface area (Å²) in [5.41, 5.74) is 0.424. The largest absolute Gasteiger partial charge is 0.458 e. The second kappa shape index (κ2) is 8.97. The Morgan fingerprint density at radius 1 is 1.13 bits per heavy atom. The number of rotatable bonds is 5. The van der Waals surface area contributed by atoms with Crippen LogP contribution in [-0.2, 0) is 25.7 Å². The molecular formula is C33H41NO5. The number of hydrogen-bond acceptors (Lipinski definition) is 6. The molecule has 208 valence electrons. The van der Waals surface area contributed by atoms with E-state index >= 15 is 0 Å². The van der Waals surface area contributed by atoms with E-state index in [4.69, 9.17) is 4.74 Å². The number of Topliss-reactive ketones (excluding diaryl/α,β-unsaturated/α-hetero) is 1. The molecule has 6 nitrogen and oxygen atoms in total. The first-order valence-corrected chi connectivity index (χ1v) is 14.5. The number of ketones is 2. The van der Waals surface area contributed by atoms with E-state index in [1.807, 2.05) is 24.3 Å². The highest BCUT2D eigenvalue weighted by Crippen LogP contribution is 2.75. The molecule has 0 amide bonds. The Hall–Kier alpha value is -2.57. The standard InChI is InChI=1S/C33H41NO5/c1-21(35)39-19-29(38)33-20-34(17-22-8-6-5-7-9-22)18-24(33)15-27-26-11-10-23-14-25(36)12-13-30(23,2)32(26,4)28(37)16-31(27,33)3/h5-9,12-14,24,26-28,37H,10-11,15-20H2,1-4H3/t24-,26-,27-,28-,30-,31-,32+,33+/m0/s1. The molecule has 0 spiro atoms. The lowest BCUT2D eigenvalue weighted by Gasteiger charge is -2.66. The average molecular weight is 532 g/mol. The molecule has 3 saturated carbocycles. The number of aliphatic hydroxyl groups excluding tert-OH is 1. The lowest BCUT2D eigenvalue weighted by molar-refractivity contribution is -0.192. The fourth-order valence-corrected chi connectivity index (χ4v) is 10.1. The number of ether oxygens (including phenoxy) is 1. The Kier molecular flexibility index (Phi) is 6.13. The van der Waals surface area contributed by atoms with Crippen LogP contribution in [0.25, 0.3) is 0 Å². The van der Waals surface area contributed by atoms with Crippen LogP contribution in [-0.4, -0.2) is 53.3 Å². The Morgan fingerprint density at radius 3 is 2.59 bits per heavy atom. The smallest absolute Gasteiger partial charge is 0.303 e. The molecule has 0 radical (unpaired) electrons. The van der Waals surface area contributed by atoms with Crippen LogP contribution >= 0.6 is 0 Å². The minimum absolute atomic E-state index is 0.00447. The third-order valence-corrected chi connectivity index (χ3v) is 12.2. The quantitative estimate of drug-likeness (QED) is 0.563. The van der Waals surface area contributed by atoms with Crippen LogP contribution in [0.3, 0.4) is 0 Å². The predicted octanol–water partition coefficient (Wildman–Crippen LogP) is 4.52. The van der Waals surface area contributed by atoms with Gasteiger partial charge in [0.1, 0.15) is 0 Å². The Bertz CT molecular complexity index is 1270. The minimum Gasteiger partial charge on any atom is -0.458 e. The summed E-state index contributed by atoms with van der Waals surface area (Å²) < 4.78 is 5.33. The highest BCUT2D eigenvalue weighted by atomic mass is 16.5. The number of allylic oxidation sites excluding steroid dienone is 4. The predicted molar refractivity (Wildman–Crippen MR) is 147 cm³/mol. The number of benzene rings is 1. The second-order valence-corrected chi connectivity index (χ2v) is 13.5. The van der Waals surface area contributed by atoms with Gasteiger partial charge in [0.15, 0.2) is 18.2 Å². The van der Waals surface area contributed by atoms with Crippen molar-refractivity contribution in [3.8, 4) is 0 Å². The van der Waals surface area contributed by atoms with E-state index in [-0.39, 0.29) is 35.9 Å². The second-order valence-electron chi connectivity index (χ2n) is 13.5. The molecule has 1 aromatic carbocycles. The third kappa shape index (κ3) is 3.56. The van der Waals surface area contributed by atoms with Crippen LogP contribution in [0.2, 0.25) is 0 Å². The highest BCUT2D eigenvalue weighted by Gasteiger charge is 2.75. The molecular weight excluding hydrogens is 490 g/mol. The molecule has 0 unspecified atom stereocenters. The number of nitrogens with zero attached hydrogens (tertiary/aromatic N) is 1. The lowest BCUT2D eigenvalue weighted by atomic mass is 9.39. The Morgan fingerprint density at radius 2 is 1.87 bits per heavy atom. The molecule has 0 aromatic heterocycles. The number of fused-ring (bicyclic) bond motifs is 7. The minimum atomic E-state index is -0.681. The van der Waals surface area contributed by atoms with Crippen molar-refractivity contribution >= 4 is 17.5 Å². The maximum Gasteiger partial charge on any atom is 0.303 e. The fraction of sp³-hybridized carbons (Fsp3) is 0.606. The summed E-state index contributed by atoms with van der Waals surface area (Å²) in [6.07, 6.45) is 8.08. The molecule has 4 fully saturated rings. The SMILES string of the molecule is CC(=O)OCC(=O)[C@@]12CN(Cc3ccccc3)C[C@@H]1C[C@H]1[C@@H]3CCC4=CC(=O)C=C[C@]4(C)[C@@]3(C)[C@@H](O)C[C@@]12C. The van der Waals surface area contributed by atoms with Crippen molar-refractivity contribution in [2.45, 2.75) is 66.0 Å². The summed E-state index contributed by atoms with van der Waals surface area (Å²) in [5.74, 6) is 0.221. The van der Waals surface area contributed by atoms with Gasteiger partial charge in [-0.3, -0.25) is 19.3 Å². The summed E-state index contributed by atoms with van der Waals surface area (Å²) >= 11 is 0. The van der Waals surface area contributed by atoms with Gasteiger partial charge in [-0.25, -0.2) is 0 Å². The van der Waals surface area contributed by atoms with Crippen molar-refractivity contribution in [2.75, 3.05) is 19.7 Å². The number of carbonyl (C=O) groups excluding carboxylic acids is 3. The summed E-state index contributed by atoms with van der Waals surface area (Å²) in [6, 6.07) is 10.4. The first-order valence-electron chi connectivity index (χ1n) is 14.5. The number of likely N-dealkylation sites (tertiary alicyclic amines) is 1. The number of esters is 1. The fourth-order valence-electron chi connectivity index (χ4n) is 10.1. The molecule has 1 aliphatic heterocycles. The van der Waals surface area contributed by atoms with E-state index in [2.05, 4.69) is 37.8 Å². The van der Waals surface area contributed by atoms with Crippen molar-refractivity contribution in [3.63, 3.8) is 0 Å². The van der Waals surface area contributed by atoms with Gasteiger partial charge in [0.25, 0.3) is 0 Å². The van der Waals surface area contributed by atoms with E-state index in [0.717, 1.165) is 37.9 Å². The van der Waals surface area contributed by atoms with Gasteiger partial charge in [0.2, 0.25) is 0 Å². The van der Waals surface area contributed by atoms with E-state index < -0.39 is 33.7 Å². The van der Waals surface area contributed by atoms with Crippen LogP contribution in [0.5, 0.6) is 0 Å². The molecule has 5 aliphatic rings. The molecule has 8 atom stereocenters. The molecule has 1 saturated heterocycles. The van der Waals surface area contributed by atoms with Gasteiger partial charge in [-0.2, -0.15) is 0 Å². The number of aliphatic hydroxyl groups is 1. The number of carbonyl (C=O) groups is 3. The van der Waals surface area contributed by atoms with Gasteiger partial charge < -0.3 is 9.84 Å². The van der Waals surface area contributed by atoms with Gasteiger partial charge >= 0.3 is 5.97 Å². The summed E-state index contributed by atoms with van der Waals surface area (Å²) in [6.45, 7) is 10.0. The maximum atomic E-state index is 14.2. The zero-order chi connectivity index (χ0) is 27.8. The summed E-state index contributed by atoms with van der Waals surface area (Å²) in [4.78, 5) is 40.6. The van der Waals surface area contributed by atoms with Crippen molar-refractivity contribution in [1.29, 1.82) is 0 Å². The first-order chi connectivity index (χ1) is 18.5. The van der Waals surface area contributed by atoms with Gasteiger partial charge in [-0.05, 0) is 66.6 Å². The van der Waals surface area contributed by atoms with Crippen molar-refractivity contribution in [2.24, 2.45) is 39.4 Å². The molecule has 6 rings (SSSR count). The Labute approximate surface area is 231 Å². The number of hydrogen-bond donors (Lipinski definition) is 1. The molecule has 1 N–H and O–H groups in total. The van der Waals surface area contributed by atoms with Crippen LogP contribution < -0.4 is 0 Å². The van der Waals surface area contributed by atoms with Gasteiger partial charge in [0.05, 0.1) is 11.5 Å². The monoisotopic (exact) mass is 531 g/mol. The third-order valence-electron chi connectivity index (χ3n) is 12.2. The molecule has 1 heterocycles. The van der Waals surface area contributed by atoms with Gasteiger partial charge in [-0.15, -0.1) is 0 Å². The molecule has 39 heavy (non-hydrogen) atoms. The lowest BCUT2D eigenvalue weighted by Crippen LogP contribution is -2.65. The summed E-state index contributed by atoms with van der Waals surface area (Å²) in [5, 5.41) is 12.1. The van der Waals surface area contributed by atoms with Crippen molar-refractivity contribution < 1.29 is 24.2 Å². The Balaban J connectivity index is 1.39. The van der Waals surface area contributed by atoms with Crippen molar-refractivity contribution in [3.05, 3.63) is 59.7 Å².